The van der Waals surface area contributed by atoms with Crippen molar-refractivity contribution in [2.24, 2.45) is 16.7 Å². The molecule has 1 rings (SSSR count). The van der Waals surface area contributed by atoms with Gasteiger partial charge in [-0.25, -0.2) is 0 Å². The second kappa shape index (κ2) is 6.93. The highest BCUT2D eigenvalue weighted by atomic mass is 16.5. The van der Waals surface area contributed by atoms with Crippen molar-refractivity contribution >= 4 is 17.7 Å². The highest BCUT2D eigenvalue weighted by Gasteiger charge is 2.58. The van der Waals surface area contributed by atoms with E-state index in [0.29, 0.717) is 0 Å². The molecule has 0 amide bonds. The predicted octanol–water partition coefficient (Wildman–Crippen LogP) is 1.25. The zero-order valence-corrected chi connectivity index (χ0v) is 13.5. The predicted molar refractivity (Wildman–Crippen MR) is 79.9 cm³/mol. The number of hydrogen-bond acceptors (Lipinski definition) is 8. The monoisotopic (exact) mass is 328 g/mol. The number of allylic oxidation sites excluding steroid dienone is 1. The van der Waals surface area contributed by atoms with Crippen LogP contribution in [0.1, 0.15) is 19.8 Å². The van der Waals surface area contributed by atoms with Crippen molar-refractivity contribution in [3.05, 3.63) is 11.6 Å². The summed E-state index contributed by atoms with van der Waals surface area (Å²) in [6.45, 7) is 1.45. The average Bonchev–Trinajstić information content (AvgIpc) is 2.55. The largest absolute Gasteiger partial charge is 0.469 e. The van der Waals surface area contributed by atoms with Crippen LogP contribution < -0.4 is 0 Å². The van der Waals surface area contributed by atoms with Gasteiger partial charge >= 0.3 is 11.9 Å². The Morgan fingerprint density at radius 3 is 2.17 bits per heavy atom. The third kappa shape index (κ3) is 2.85. The van der Waals surface area contributed by atoms with Gasteiger partial charge in [-0.05, 0) is 5.57 Å². The van der Waals surface area contributed by atoms with Gasteiger partial charge in [-0.15, -0.1) is 0 Å². The normalized spacial score (nSPS) is 24.6. The Bertz CT molecular complexity index is 721. The second-order valence-corrected chi connectivity index (χ2v) is 5.59. The van der Waals surface area contributed by atoms with E-state index in [1.165, 1.54) is 20.1 Å². The number of nitrogens with zero attached hydrogens (tertiary/aromatic N) is 3. The maximum Gasteiger partial charge on any atom is 0.309 e. The molecule has 0 bridgehead atoms. The van der Waals surface area contributed by atoms with Gasteiger partial charge in [-0.3, -0.25) is 9.59 Å². The summed E-state index contributed by atoms with van der Waals surface area (Å²) in [4.78, 5) is 23.3. The first kappa shape index (κ1) is 18.9. The summed E-state index contributed by atoms with van der Waals surface area (Å²) in [5.41, 5.74) is -3.66. The number of ether oxygens (including phenoxy) is 2. The zero-order valence-electron chi connectivity index (χ0n) is 13.5. The van der Waals surface area contributed by atoms with Crippen LogP contribution in [0.15, 0.2) is 11.6 Å². The minimum atomic E-state index is -2.01. The lowest BCUT2D eigenvalue weighted by Crippen LogP contribution is -2.50. The molecule has 24 heavy (non-hydrogen) atoms. The summed E-state index contributed by atoms with van der Waals surface area (Å²) < 4.78 is 9.19. The molecule has 0 aromatic rings. The van der Waals surface area contributed by atoms with Crippen molar-refractivity contribution in [1.29, 1.82) is 21.2 Å². The van der Waals surface area contributed by atoms with Crippen LogP contribution in [0.5, 0.6) is 0 Å². The van der Waals surface area contributed by atoms with E-state index >= 15 is 0 Å². The molecule has 0 heterocycles. The van der Waals surface area contributed by atoms with E-state index in [0.717, 1.165) is 7.11 Å². The summed E-state index contributed by atoms with van der Waals surface area (Å²) in [7, 11) is 2.35. The molecule has 2 atom stereocenters. The summed E-state index contributed by atoms with van der Waals surface area (Å²) in [6, 6.07) is 5.41. The molecule has 0 radical (unpaired) electrons. The number of nitrogens with one attached hydrogen (secondary N) is 1. The first-order valence-electron chi connectivity index (χ1n) is 6.91. The molecule has 0 saturated heterocycles. The zero-order chi connectivity index (χ0) is 18.5. The Kier molecular flexibility index (Phi) is 5.45. The smallest absolute Gasteiger partial charge is 0.309 e. The van der Waals surface area contributed by atoms with Crippen LogP contribution in [0.2, 0.25) is 0 Å². The minimum Gasteiger partial charge on any atom is -0.469 e. The van der Waals surface area contributed by atoms with Crippen LogP contribution in [0.4, 0.5) is 0 Å². The molecule has 8 heteroatoms. The van der Waals surface area contributed by atoms with E-state index in [9.17, 15) is 25.4 Å². The van der Waals surface area contributed by atoms with Gasteiger partial charge in [-0.2, -0.15) is 15.8 Å². The number of carbonyl (C=O) groups is 2. The second-order valence-electron chi connectivity index (χ2n) is 5.59. The number of carbonyl (C=O) groups excluding carboxylic acids is 2. The van der Waals surface area contributed by atoms with Crippen LogP contribution in [-0.2, 0) is 19.1 Å². The Hall–Kier alpha value is -3.18. The van der Waals surface area contributed by atoms with E-state index in [-0.39, 0.29) is 18.4 Å². The molecule has 1 aliphatic rings. The molecule has 1 aliphatic carbocycles. The third-order valence-corrected chi connectivity index (χ3v) is 4.20. The molecule has 0 spiro atoms. The summed E-state index contributed by atoms with van der Waals surface area (Å²) >= 11 is 0. The summed E-state index contributed by atoms with van der Waals surface area (Å²) in [6.07, 6.45) is 0.760. The fourth-order valence-corrected chi connectivity index (χ4v) is 2.81. The van der Waals surface area contributed by atoms with Crippen molar-refractivity contribution in [2.45, 2.75) is 19.8 Å². The van der Waals surface area contributed by atoms with Crippen molar-refractivity contribution < 1.29 is 19.1 Å². The Morgan fingerprint density at radius 1 is 1.21 bits per heavy atom. The number of methoxy groups -OCH3 is 2. The topological polar surface area (TPSA) is 148 Å². The Balaban J connectivity index is 3.62. The molecule has 124 valence electrons. The third-order valence-electron chi connectivity index (χ3n) is 4.20. The fourth-order valence-electron chi connectivity index (χ4n) is 2.81. The molecule has 0 aromatic carbocycles. The minimum absolute atomic E-state index is 0.224. The van der Waals surface area contributed by atoms with Gasteiger partial charge < -0.3 is 14.9 Å². The lowest BCUT2D eigenvalue weighted by molar-refractivity contribution is -0.143. The Labute approximate surface area is 139 Å². The maximum atomic E-state index is 11.8. The lowest BCUT2D eigenvalue weighted by Gasteiger charge is -2.42. The Morgan fingerprint density at radius 2 is 1.75 bits per heavy atom. The van der Waals surface area contributed by atoms with E-state index in [2.05, 4.69) is 9.47 Å². The molecule has 0 aliphatic heterocycles. The quantitative estimate of drug-likeness (QED) is 0.603. The van der Waals surface area contributed by atoms with Crippen molar-refractivity contribution in [3.63, 3.8) is 0 Å². The molecule has 8 nitrogen and oxygen atoms in total. The highest BCUT2D eigenvalue weighted by Crippen LogP contribution is 2.51. The lowest BCUT2D eigenvalue weighted by atomic mass is 9.54. The van der Waals surface area contributed by atoms with E-state index in [1.807, 2.05) is 6.07 Å². The van der Waals surface area contributed by atoms with Crippen LogP contribution >= 0.6 is 0 Å². The summed E-state index contributed by atoms with van der Waals surface area (Å²) in [5.74, 6) is -2.52. The van der Waals surface area contributed by atoms with Crippen LogP contribution in [-0.4, -0.2) is 31.9 Å². The molecule has 0 fully saturated rings. The number of esters is 2. The number of hydrogen-bond donors (Lipinski definition) is 1. The maximum absolute atomic E-state index is 11.8. The van der Waals surface area contributed by atoms with Gasteiger partial charge in [0.15, 0.2) is 5.41 Å². The first-order valence-corrected chi connectivity index (χ1v) is 6.91. The molecular formula is C16H16N4O4. The molecule has 0 unspecified atom stereocenters. The van der Waals surface area contributed by atoms with E-state index in [4.69, 9.17) is 5.41 Å². The van der Waals surface area contributed by atoms with Crippen LogP contribution in [0.3, 0.4) is 0 Å². The van der Waals surface area contributed by atoms with E-state index < -0.39 is 34.4 Å². The molecule has 0 saturated carbocycles. The van der Waals surface area contributed by atoms with Gasteiger partial charge in [-0.1, -0.05) is 13.0 Å². The van der Waals surface area contributed by atoms with Crippen molar-refractivity contribution in [1.82, 2.24) is 0 Å². The molecular weight excluding hydrogens is 312 g/mol. The first-order chi connectivity index (χ1) is 11.2. The van der Waals surface area contributed by atoms with Crippen molar-refractivity contribution in [3.8, 4) is 18.2 Å². The van der Waals surface area contributed by atoms with Gasteiger partial charge in [0.05, 0.1) is 51.0 Å². The summed E-state index contributed by atoms with van der Waals surface area (Å²) in [5, 5.41) is 36.7. The van der Waals surface area contributed by atoms with Gasteiger partial charge in [0.2, 0.25) is 0 Å². The van der Waals surface area contributed by atoms with E-state index in [1.54, 1.807) is 12.1 Å². The number of nitriles is 3. The van der Waals surface area contributed by atoms with Crippen molar-refractivity contribution in [2.75, 3.05) is 14.2 Å². The highest BCUT2D eigenvalue weighted by molar-refractivity contribution is 6.01. The fraction of sp³-hybridized carbons (Fsp3) is 0.500. The molecule has 0 aromatic heterocycles. The molecule has 1 N–H and O–H groups in total. The van der Waals surface area contributed by atoms with Crippen LogP contribution in [0, 0.1) is 56.2 Å². The SMILES string of the molecule is COC(=O)CC1=C[C@@](C)(CC(=O)OC)C(C#N)(C#N)C(=N)[C@H]1C#N. The van der Waals surface area contributed by atoms with Gasteiger partial charge in [0, 0.05) is 5.41 Å². The van der Waals surface area contributed by atoms with Crippen LogP contribution in [0.25, 0.3) is 0 Å². The van der Waals surface area contributed by atoms with Gasteiger partial charge in [0.25, 0.3) is 0 Å². The number of rotatable bonds is 4. The van der Waals surface area contributed by atoms with Gasteiger partial charge in [0.1, 0.15) is 5.92 Å². The standard InChI is InChI=1S/C16H16N4O4/c1-15(6-13(22)24-3)5-10(4-12(21)23-2)11(7-17)14(20)16(15,8-18)9-19/h5,11,20H,4,6H2,1-3H3/t11-,15-/m0/s1. The average molecular weight is 328 g/mol.